The summed E-state index contributed by atoms with van der Waals surface area (Å²) in [6, 6.07) is 18.7. The Hall–Kier alpha value is -2.50. The lowest BCUT2D eigenvalue weighted by Gasteiger charge is -2.08. The van der Waals surface area contributed by atoms with Gasteiger partial charge in [0, 0.05) is 17.1 Å². The van der Waals surface area contributed by atoms with Crippen LogP contribution in [0.1, 0.15) is 11.1 Å². The van der Waals surface area contributed by atoms with Crippen molar-refractivity contribution in [3.63, 3.8) is 0 Å². The summed E-state index contributed by atoms with van der Waals surface area (Å²) in [6.45, 7) is 3.96. The number of sulfone groups is 1. The molecule has 2 aromatic heterocycles. The fourth-order valence-electron chi connectivity index (χ4n) is 2.92. The van der Waals surface area contributed by atoms with E-state index in [2.05, 4.69) is 4.98 Å². The maximum Gasteiger partial charge on any atom is 0.216 e. The number of rotatable bonds is 3. The number of pyridine rings is 1. The van der Waals surface area contributed by atoms with Crippen LogP contribution in [-0.2, 0) is 9.84 Å². The molecule has 0 aliphatic heterocycles. The molecule has 3 nitrogen and oxygen atoms in total. The van der Waals surface area contributed by atoms with Gasteiger partial charge < -0.3 is 0 Å². The Morgan fingerprint density at radius 3 is 2.12 bits per heavy atom. The number of hydrogen-bond donors (Lipinski definition) is 0. The minimum absolute atomic E-state index is 0.308. The van der Waals surface area contributed by atoms with Crippen molar-refractivity contribution in [1.82, 2.24) is 4.98 Å². The molecule has 0 bridgehead atoms. The van der Waals surface area contributed by atoms with Crippen molar-refractivity contribution < 1.29 is 8.42 Å². The van der Waals surface area contributed by atoms with Crippen LogP contribution in [0, 0.1) is 13.8 Å². The second-order valence-electron chi connectivity index (χ2n) is 6.30. The number of nitrogens with zero attached hydrogens (tertiary/aromatic N) is 1. The van der Waals surface area contributed by atoms with E-state index in [1.165, 1.54) is 11.3 Å². The van der Waals surface area contributed by atoms with Crippen LogP contribution >= 0.6 is 11.3 Å². The molecule has 26 heavy (non-hydrogen) atoms. The summed E-state index contributed by atoms with van der Waals surface area (Å²) >= 11 is 1.23. The molecule has 0 saturated carbocycles. The van der Waals surface area contributed by atoms with E-state index in [0.29, 0.717) is 9.10 Å². The van der Waals surface area contributed by atoms with Gasteiger partial charge in [0.05, 0.1) is 4.90 Å². The zero-order chi connectivity index (χ0) is 18.3. The number of aromatic nitrogens is 1. The highest BCUT2D eigenvalue weighted by Gasteiger charge is 2.27. The van der Waals surface area contributed by atoms with E-state index in [9.17, 15) is 8.42 Å². The Morgan fingerprint density at radius 2 is 1.46 bits per heavy atom. The summed E-state index contributed by atoms with van der Waals surface area (Å²) in [4.78, 5) is 5.42. The molecule has 5 heteroatoms. The van der Waals surface area contributed by atoms with Crippen molar-refractivity contribution in [2.24, 2.45) is 0 Å². The Kier molecular flexibility index (Phi) is 4.13. The third-order valence-corrected chi connectivity index (χ3v) is 7.75. The van der Waals surface area contributed by atoms with Crippen LogP contribution in [0.15, 0.2) is 76.0 Å². The van der Waals surface area contributed by atoms with Crippen molar-refractivity contribution in [2.45, 2.75) is 23.0 Å². The number of hydrogen-bond acceptors (Lipinski definition) is 4. The van der Waals surface area contributed by atoms with Crippen LogP contribution in [0.3, 0.4) is 0 Å². The lowest BCUT2D eigenvalue weighted by atomic mass is 10.0. The summed E-state index contributed by atoms with van der Waals surface area (Å²) in [6.07, 6.45) is 1.69. The van der Waals surface area contributed by atoms with Crippen LogP contribution < -0.4 is 0 Å². The number of fused-ring (bicyclic) bond motifs is 1. The minimum Gasteiger partial charge on any atom is -0.245 e. The number of aryl methyl sites for hydroxylation is 2. The summed E-state index contributed by atoms with van der Waals surface area (Å²) in [5, 5.41) is 0.868. The first-order chi connectivity index (χ1) is 12.5. The Labute approximate surface area is 156 Å². The van der Waals surface area contributed by atoms with Crippen molar-refractivity contribution in [1.29, 1.82) is 0 Å². The zero-order valence-corrected chi connectivity index (χ0v) is 16.1. The molecule has 0 N–H and O–H groups in total. The molecule has 0 atom stereocenters. The van der Waals surface area contributed by atoms with Gasteiger partial charge in [-0.15, -0.1) is 11.3 Å². The van der Waals surface area contributed by atoms with E-state index in [0.717, 1.165) is 32.5 Å². The summed E-state index contributed by atoms with van der Waals surface area (Å²) in [7, 11) is -3.63. The average molecular weight is 380 g/mol. The monoisotopic (exact) mass is 379 g/mol. The van der Waals surface area contributed by atoms with Crippen molar-refractivity contribution in [3.05, 3.63) is 78.0 Å². The van der Waals surface area contributed by atoms with Gasteiger partial charge in [-0.1, -0.05) is 47.5 Å². The largest absolute Gasteiger partial charge is 0.245 e. The predicted octanol–water partition coefficient (Wildman–Crippen LogP) is 5.41. The van der Waals surface area contributed by atoms with Gasteiger partial charge in [0.25, 0.3) is 0 Å². The van der Waals surface area contributed by atoms with Gasteiger partial charge in [-0.2, -0.15) is 0 Å². The average Bonchev–Trinajstić information content (AvgIpc) is 3.03. The van der Waals surface area contributed by atoms with Gasteiger partial charge in [0.2, 0.25) is 9.84 Å². The van der Waals surface area contributed by atoms with E-state index < -0.39 is 9.84 Å². The molecular formula is C21H17NO2S2. The van der Waals surface area contributed by atoms with E-state index in [1.807, 2.05) is 62.4 Å². The maximum atomic E-state index is 13.4. The molecule has 0 unspecified atom stereocenters. The van der Waals surface area contributed by atoms with E-state index in [4.69, 9.17) is 0 Å². The Morgan fingerprint density at radius 1 is 0.846 bits per heavy atom. The smallest absolute Gasteiger partial charge is 0.216 e. The number of thiophene rings is 1. The van der Waals surface area contributed by atoms with Crippen LogP contribution in [0.25, 0.3) is 21.3 Å². The summed E-state index contributed by atoms with van der Waals surface area (Å²) in [5.41, 5.74) is 3.79. The lowest BCUT2D eigenvalue weighted by Crippen LogP contribution is -2.01. The third kappa shape index (κ3) is 2.83. The van der Waals surface area contributed by atoms with Crippen LogP contribution in [0.4, 0.5) is 0 Å². The van der Waals surface area contributed by atoms with Crippen LogP contribution in [0.5, 0.6) is 0 Å². The summed E-state index contributed by atoms with van der Waals surface area (Å²) in [5.74, 6) is 0. The lowest BCUT2D eigenvalue weighted by molar-refractivity contribution is 0.598. The molecule has 0 radical (unpaired) electrons. The van der Waals surface area contributed by atoms with Gasteiger partial charge in [-0.05, 0) is 43.7 Å². The maximum absolute atomic E-state index is 13.4. The van der Waals surface area contributed by atoms with Crippen molar-refractivity contribution in [2.75, 3.05) is 0 Å². The Bertz CT molecular complexity index is 1190. The van der Waals surface area contributed by atoms with Gasteiger partial charge in [0.15, 0.2) is 0 Å². The quantitative estimate of drug-likeness (QED) is 0.478. The highest BCUT2D eigenvalue weighted by atomic mass is 32.2. The zero-order valence-electron chi connectivity index (χ0n) is 14.4. The molecule has 2 aromatic carbocycles. The summed E-state index contributed by atoms with van der Waals surface area (Å²) < 4.78 is 27.1. The van der Waals surface area contributed by atoms with Gasteiger partial charge in [-0.3, -0.25) is 0 Å². The predicted molar refractivity (Wildman–Crippen MR) is 106 cm³/mol. The molecule has 0 fully saturated rings. The molecule has 0 aliphatic carbocycles. The van der Waals surface area contributed by atoms with Crippen LogP contribution in [0.2, 0.25) is 0 Å². The molecule has 2 heterocycles. The normalized spacial score (nSPS) is 11.8. The standard InChI is InChI=1S/C21H17NO2S2/c1-14-5-9-16(10-6-14)19-18-4-3-13-22-20(18)25-21(19)26(23,24)17-11-7-15(2)8-12-17/h3-13H,1-2H3. The second-order valence-corrected chi connectivity index (χ2v) is 9.45. The fourth-order valence-corrected chi connectivity index (χ4v) is 5.99. The fraction of sp³-hybridized carbons (Fsp3) is 0.0952. The third-order valence-electron chi connectivity index (χ3n) is 4.35. The van der Waals surface area contributed by atoms with Crippen LogP contribution in [-0.4, -0.2) is 13.4 Å². The first kappa shape index (κ1) is 16.9. The molecule has 0 aliphatic rings. The molecule has 0 saturated heterocycles. The van der Waals surface area contributed by atoms with Crippen molar-refractivity contribution in [3.8, 4) is 11.1 Å². The van der Waals surface area contributed by atoms with E-state index in [-0.39, 0.29) is 0 Å². The van der Waals surface area contributed by atoms with Gasteiger partial charge >= 0.3 is 0 Å². The van der Waals surface area contributed by atoms with E-state index >= 15 is 0 Å². The molecule has 130 valence electrons. The van der Waals surface area contributed by atoms with Crippen molar-refractivity contribution >= 4 is 31.4 Å². The topological polar surface area (TPSA) is 47.0 Å². The molecule has 4 rings (SSSR count). The van der Waals surface area contributed by atoms with E-state index in [1.54, 1.807) is 18.3 Å². The second kappa shape index (κ2) is 6.34. The number of benzene rings is 2. The highest BCUT2D eigenvalue weighted by Crippen LogP contribution is 2.42. The highest BCUT2D eigenvalue weighted by molar-refractivity contribution is 7.93. The molecular weight excluding hydrogens is 362 g/mol. The SMILES string of the molecule is Cc1ccc(-c2c(S(=O)(=O)c3ccc(C)cc3)sc3ncccc23)cc1. The molecule has 0 amide bonds. The van der Waals surface area contributed by atoms with Gasteiger partial charge in [-0.25, -0.2) is 13.4 Å². The first-order valence-electron chi connectivity index (χ1n) is 8.23. The van der Waals surface area contributed by atoms with Gasteiger partial charge in [0.1, 0.15) is 9.04 Å². The molecule has 4 aromatic rings. The first-order valence-corrected chi connectivity index (χ1v) is 10.5. The Balaban J connectivity index is 2.02. The minimum atomic E-state index is -3.63. The molecule has 0 spiro atoms.